The minimum atomic E-state index is 0.267. The van der Waals surface area contributed by atoms with Crippen molar-refractivity contribution >= 4 is 0 Å². The summed E-state index contributed by atoms with van der Waals surface area (Å²) in [7, 11) is 0. The van der Waals surface area contributed by atoms with Crippen LogP contribution in [0.2, 0.25) is 0 Å². The van der Waals surface area contributed by atoms with E-state index in [0.717, 1.165) is 0 Å². The summed E-state index contributed by atoms with van der Waals surface area (Å²) in [6.45, 7) is 4.70. The fraction of sp³-hybridized carbons (Fsp3) is 0.364. The molecule has 0 aliphatic carbocycles. The van der Waals surface area contributed by atoms with Gasteiger partial charge in [0.1, 0.15) is 0 Å². The molecule has 2 nitrogen and oxygen atoms in total. The van der Waals surface area contributed by atoms with Crippen molar-refractivity contribution in [2.45, 2.75) is 19.9 Å². The number of nitrogens with one attached hydrogen (secondary N) is 1. The fourth-order valence-electron chi connectivity index (χ4n) is 1.15. The number of aryl methyl sites for hydroxylation is 1. The lowest BCUT2D eigenvalue weighted by Gasteiger charge is -2.11. The average molecular weight is 174 g/mol. The maximum atomic E-state index is 5.16. The monoisotopic (exact) mass is 174 g/mol. The van der Waals surface area contributed by atoms with Gasteiger partial charge in [0, 0.05) is 18.4 Å². The third kappa shape index (κ3) is 2.89. The van der Waals surface area contributed by atoms with Crippen molar-refractivity contribution in [3.05, 3.63) is 29.6 Å². The molecule has 0 radical (unpaired) electrons. The van der Waals surface area contributed by atoms with Crippen molar-refractivity contribution in [2.24, 2.45) is 0 Å². The van der Waals surface area contributed by atoms with Crippen LogP contribution in [0, 0.1) is 19.3 Å². The predicted octanol–water partition coefficient (Wildman–Crippen LogP) is 1.67. The van der Waals surface area contributed by atoms with Crippen LogP contribution < -0.4 is 5.32 Å². The molecule has 0 amide bonds. The Kier molecular flexibility index (Phi) is 3.48. The van der Waals surface area contributed by atoms with Crippen LogP contribution in [0.1, 0.15) is 24.1 Å². The van der Waals surface area contributed by atoms with Gasteiger partial charge in [-0.3, -0.25) is 10.3 Å². The Bertz CT molecular complexity index is 312. The molecule has 0 spiro atoms. The smallest absolute Gasteiger partial charge is 0.0578 e. The molecule has 13 heavy (non-hydrogen) atoms. The normalized spacial score (nSPS) is 12.1. The lowest BCUT2D eigenvalue weighted by molar-refractivity contribution is 0.620. The molecular weight excluding hydrogens is 160 g/mol. The molecule has 0 aliphatic heterocycles. The maximum Gasteiger partial charge on any atom is 0.0578 e. The van der Waals surface area contributed by atoms with E-state index in [1.807, 2.05) is 19.3 Å². The molecule has 1 unspecified atom stereocenters. The van der Waals surface area contributed by atoms with Gasteiger partial charge in [-0.05, 0) is 25.0 Å². The van der Waals surface area contributed by atoms with Crippen LogP contribution in [-0.2, 0) is 0 Å². The third-order valence-corrected chi connectivity index (χ3v) is 1.91. The first-order valence-electron chi connectivity index (χ1n) is 4.32. The highest BCUT2D eigenvalue weighted by Crippen LogP contribution is 2.11. The SMILES string of the molecule is C#CCNC(C)c1cncc(C)c1. The lowest BCUT2D eigenvalue weighted by Crippen LogP contribution is -2.18. The molecule has 0 bridgehead atoms. The Morgan fingerprint density at radius 1 is 1.62 bits per heavy atom. The fourth-order valence-corrected chi connectivity index (χ4v) is 1.15. The molecule has 0 aromatic carbocycles. The van der Waals surface area contributed by atoms with E-state index in [0.29, 0.717) is 6.54 Å². The summed E-state index contributed by atoms with van der Waals surface area (Å²) >= 11 is 0. The summed E-state index contributed by atoms with van der Waals surface area (Å²) in [5.74, 6) is 2.55. The summed E-state index contributed by atoms with van der Waals surface area (Å²) < 4.78 is 0. The molecule has 0 aliphatic rings. The standard InChI is InChI=1S/C11H14N2/c1-4-5-13-10(3)11-6-9(2)7-12-8-11/h1,6-8,10,13H,5H2,2-3H3. The Morgan fingerprint density at radius 3 is 3.00 bits per heavy atom. The highest BCUT2D eigenvalue weighted by molar-refractivity contribution is 5.19. The van der Waals surface area contributed by atoms with E-state index < -0.39 is 0 Å². The average Bonchev–Trinajstić information content (AvgIpc) is 2.14. The summed E-state index contributed by atoms with van der Waals surface area (Å²) in [4.78, 5) is 4.12. The van der Waals surface area contributed by atoms with Crippen molar-refractivity contribution in [3.63, 3.8) is 0 Å². The van der Waals surface area contributed by atoms with E-state index in [1.165, 1.54) is 11.1 Å². The maximum absolute atomic E-state index is 5.16. The lowest BCUT2D eigenvalue weighted by atomic mass is 10.1. The van der Waals surface area contributed by atoms with Gasteiger partial charge in [0.2, 0.25) is 0 Å². The van der Waals surface area contributed by atoms with Crippen molar-refractivity contribution < 1.29 is 0 Å². The van der Waals surface area contributed by atoms with Crippen molar-refractivity contribution in [2.75, 3.05) is 6.54 Å². The molecule has 0 saturated carbocycles. The second-order valence-electron chi connectivity index (χ2n) is 3.10. The summed E-state index contributed by atoms with van der Waals surface area (Å²) in [6, 6.07) is 2.38. The topological polar surface area (TPSA) is 24.9 Å². The quantitative estimate of drug-likeness (QED) is 0.705. The Labute approximate surface area is 79.4 Å². The zero-order valence-electron chi connectivity index (χ0n) is 8.04. The van der Waals surface area contributed by atoms with E-state index in [-0.39, 0.29) is 6.04 Å². The molecule has 1 atom stereocenters. The molecule has 0 fully saturated rings. The highest BCUT2D eigenvalue weighted by atomic mass is 14.9. The number of pyridine rings is 1. The van der Waals surface area contributed by atoms with Crippen LogP contribution in [0.15, 0.2) is 18.5 Å². The summed E-state index contributed by atoms with van der Waals surface area (Å²) in [6.07, 6.45) is 8.86. The van der Waals surface area contributed by atoms with E-state index >= 15 is 0 Å². The van der Waals surface area contributed by atoms with Gasteiger partial charge >= 0.3 is 0 Å². The van der Waals surface area contributed by atoms with Gasteiger partial charge in [-0.25, -0.2) is 0 Å². The van der Waals surface area contributed by atoms with Crippen LogP contribution in [0.25, 0.3) is 0 Å². The van der Waals surface area contributed by atoms with Crippen LogP contribution in [0.3, 0.4) is 0 Å². The Hall–Kier alpha value is -1.33. The van der Waals surface area contributed by atoms with Gasteiger partial charge in [0.25, 0.3) is 0 Å². The van der Waals surface area contributed by atoms with Gasteiger partial charge in [-0.15, -0.1) is 6.42 Å². The summed E-state index contributed by atoms with van der Waals surface area (Å²) in [5, 5.41) is 3.20. The molecule has 0 saturated heterocycles. The van der Waals surface area contributed by atoms with Gasteiger partial charge in [0.05, 0.1) is 6.54 Å². The first-order valence-corrected chi connectivity index (χ1v) is 4.32. The van der Waals surface area contributed by atoms with E-state index in [1.54, 1.807) is 0 Å². The number of hydrogen-bond acceptors (Lipinski definition) is 2. The number of hydrogen-bond donors (Lipinski definition) is 1. The first-order chi connectivity index (χ1) is 6.24. The molecular formula is C11H14N2. The molecule has 68 valence electrons. The largest absolute Gasteiger partial charge is 0.300 e. The van der Waals surface area contributed by atoms with Crippen molar-refractivity contribution in [1.29, 1.82) is 0 Å². The van der Waals surface area contributed by atoms with E-state index in [4.69, 9.17) is 6.42 Å². The zero-order valence-corrected chi connectivity index (χ0v) is 8.04. The third-order valence-electron chi connectivity index (χ3n) is 1.91. The minimum absolute atomic E-state index is 0.267. The van der Waals surface area contributed by atoms with Gasteiger partial charge in [-0.1, -0.05) is 12.0 Å². The number of nitrogens with zero attached hydrogens (tertiary/aromatic N) is 1. The Balaban J connectivity index is 2.66. The molecule has 1 aromatic heterocycles. The molecule has 1 aromatic rings. The van der Waals surface area contributed by atoms with Gasteiger partial charge in [-0.2, -0.15) is 0 Å². The molecule has 2 heteroatoms. The Morgan fingerprint density at radius 2 is 2.38 bits per heavy atom. The number of aromatic nitrogens is 1. The number of terminal acetylenes is 1. The molecule has 1 heterocycles. The van der Waals surface area contributed by atoms with Crippen LogP contribution >= 0.6 is 0 Å². The molecule has 1 rings (SSSR count). The first kappa shape index (κ1) is 9.76. The van der Waals surface area contributed by atoms with Crippen molar-refractivity contribution in [3.8, 4) is 12.3 Å². The summed E-state index contributed by atoms with van der Waals surface area (Å²) in [5.41, 5.74) is 2.35. The van der Waals surface area contributed by atoms with Crippen LogP contribution in [0.4, 0.5) is 0 Å². The number of rotatable bonds is 3. The van der Waals surface area contributed by atoms with Gasteiger partial charge < -0.3 is 0 Å². The van der Waals surface area contributed by atoms with Crippen molar-refractivity contribution in [1.82, 2.24) is 10.3 Å². The molecule has 1 N–H and O–H groups in total. The van der Waals surface area contributed by atoms with E-state index in [2.05, 4.69) is 29.2 Å². The van der Waals surface area contributed by atoms with E-state index in [9.17, 15) is 0 Å². The second-order valence-corrected chi connectivity index (χ2v) is 3.10. The highest BCUT2D eigenvalue weighted by Gasteiger charge is 2.03. The zero-order chi connectivity index (χ0) is 9.68. The minimum Gasteiger partial charge on any atom is -0.300 e. The van der Waals surface area contributed by atoms with Gasteiger partial charge in [0.15, 0.2) is 0 Å². The van der Waals surface area contributed by atoms with Crippen LogP contribution in [-0.4, -0.2) is 11.5 Å². The second kappa shape index (κ2) is 4.64. The van der Waals surface area contributed by atoms with Crippen LogP contribution in [0.5, 0.6) is 0 Å². The predicted molar refractivity (Wildman–Crippen MR) is 54.2 cm³/mol.